The average Bonchev–Trinajstić information content (AvgIpc) is 2.42. The minimum absolute atomic E-state index is 0.225. The van der Waals surface area contributed by atoms with Crippen molar-refractivity contribution in [2.24, 2.45) is 5.73 Å². The van der Waals surface area contributed by atoms with Gasteiger partial charge in [-0.3, -0.25) is 0 Å². The van der Waals surface area contributed by atoms with Gasteiger partial charge in [0.25, 0.3) is 0 Å². The third-order valence-electron chi connectivity index (χ3n) is 2.71. The number of hydrogen-bond donors (Lipinski definition) is 2. The molecule has 0 aromatic heterocycles. The molecule has 20 heavy (non-hydrogen) atoms. The summed E-state index contributed by atoms with van der Waals surface area (Å²) in [5.41, 5.74) is 7.21. The standard InChI is InChI=1S/C14H12BrFN2OS/c1-19-8-5-6-9(14(17)20)12(7-8)18-13-10(15)3-2-4-11(13)16/h2-7,18H,1H3,(H2,17,20). The molecule has 0 saturated carbocycles. The van der Waals surface area contributed by atoms with Gasteiger partial charge in [0.1, 0.15) is 16.6 Å². The summed E-state index contributed by atoms with van der Waals surface area (Å²) in [4.78, 5) is 0.225. The second-order valence-electron chi connectivity index (χ2n) is 4.00. The molecule has 3 N–H and O–H groups in total. The number of hydrogen-bond acceptors (Lipinski definition) is 3. The van der Waals surface area contributed by atoms with Gasteiger partial charge in [-0.2, -0.15) is 0 Å². The lowest BCUT2D eigenvalue weighted by Crippen LogP contribution is -2.12. The summed E-state index contributed by atoms with van der Waals surface area (Å²) >= 11 is 8.31. The van der Waals surface area contributed by atoms with Crippen LogP contribution in [0.4, 0.5) is 15.8 Å². The molecule has 0 spiro atoms. The minimum atomic E-state index is -0.379. The van der Waals surface area contributed by atoms with Crippen LogP contribution >= 0.6 is 28.1 Å². The largest absolute Gasteiger partial charge is 0.497 e. The number of para-hydroxylation sites is 1. The molecule has 0 fully saturated rings. The number of halogens is 2. The van der Waals surface area contributed by atoms with Crippen LogP contribution in [0.3, 0.4) is 0 Å². The summed E-state index contributed by atoms with van der Waals surface area (Å²) in [6.07, 6.45) is 0. The van der Waals surface area contributed by atoms with Gasteiger partial charge in [0, 0.05) is 16.1 Å². The molecule has 2 rings (SSSR count). The van der Waals surface area contributed by atoms with Crippen LogP contribution in [0.1, 0.15) is 5.56 Å². The molecule has 3 nitrogen and oxygen atoms in total. The number of nitrogens with two attached hydrogens (primary N) is 1. The third kappa shape index (κ3) is 3.08. The molecule has 0 unspecified atom stereocenters. The summed E-state index contributed by atoms with van der Waals surface area (Å²) in [5.74, 6) is 0.246. The van der Waals surface area contributed by atoms with Gasteiger partial charge < -0.3 is 15.8 Å². The predicted octanol–water partition coefficient (Wildman–Crippen LogP) is 3.97. The quantitative estimate of drug-likeness (QED) is 0.815. The number of methoxy groups -OCH3 is 1. The summed E-state index contributed by atoms with van der Waals surface area (Å²) < 4.78 is 19.6. The Bertz CT molecular complexity index is 643. The highest BCUT2D eigenvalue weighted by Gasteiger charge is 2.11. The van der Waals surface area contributed by atoms with E-state index >= 15 is 0 Å². The number of ether oxygens (including phenoxy) is 1. The maximum absolute atomic E-state index is 13.9. The zero-order chi connectivity index (χ0) is 14.7. The van der Waals surface area contributed by atoms with E-state index in [4.69, 9.17) is 22.7 Å². The van der Waals surface area contributed by atoms with Gasteiger partial charge in [0.2, 0.25) is 0 Å². The molecule has 0 aliphatic heterocycles. The minimum Gasteiger partial charge on any atom is -0.497 e. The van der Waals surface area contributed by atoms with Crippen LogP contribution in [0.2, 0.25) is 0 Å². The van der Waals surface area contributed by atoms with Gasteiger partial charge in [-0.25, -0.2) is 4.39 Å². The molecule has 0 aliphatic rings. The number of benzene rings is 2. The Morgan fingerprint density at radius 2 is 2.10 bits per heavy atom. The fourth-order valence-corrected chi connectivity index (χ4v) is 2.34. The van der Waals surface area contributed by atoms with E-state index in [1.54, 1.807) is 37.4 Å². The van der Waals surface area contributed by atoms with Crippen molar-refractivity contribution in [2.75, 3.05) is 12.4 Å². The fraction of sp³-hybridized carbons (Fsp3) is 0.0714. The molecule has 0 atom stereocenters. The molecule has 0 amide bonds. The van der Waals surface area contributed by atoms with Gasteiger partial charge in [-0.15, -0.1) is 0 Å². The smallest absolute Gasteiger partial charge is 0.147 e. The summed E-state index contributed by atoms with van der Waals surface area (Å²) in [6.45, 7) is 0. The average molecular weight is 355 g/mol. The normalized spacial score (nSPS) is 10.2. The third-order valence-corrected chi connectivity index (χ3v) is 3.60. The second kappa shape index (κ2) is 6.19. The number of rotatable bonds is 4. The maximum Gasteiger partial charge on any atom is 0.147 e. The molecule has 0 radical (unpaired) electrons. The summed E-state index contributed by atoms with van der Waals surface area (Å²) in [6, 6.07) is 9.92. The Morgan fingerprint density at radius 3 is 2.70 bits per heavy atom. The van der Waals surface area contributed by atoms with E-state index in [2.05, 4.69) is 21.2 Å². The van der Waals surface area contributed by atoms with E-state index in [9.17, 15) is 4.39 Å². The van der Waals surface area contributed by atoms with Crippen molar-refractivity contribution in [3.8, 4) is 5.75 Å². The molecular weight excluding hydrogens is 343 g/mol. The van der Waals surface area contributed by atoms with Crippen molar-refractivity contribution >= 4 is 44.5 Å². The molecule has 0 heterocycles. The van der Waals surface area contributed by atoms with Crippen molar-refractivity contribution in [1.29, 1.82) is 0 Å². The zero-order valence-electron chi connectivity index (χ0n) is 10.6. The SMILES string of the molecule is COc1ccc(C(N)=S)c(Nc2c(F)cccc2Br)c1. The summed E-state index contributed by atoms with van der Waals surface area (Å²) in [7, 11) is 1.55. The van der Waals surface area contributed by atoms with Crippen LogP contribution < -0.4 is 15.8 Å². The summed E-state index contributed by atoms with van der Waals surface area (Å²) in [5, 5.41) is 3.00. The van der Waals surface area contributed by atoms with Crippen LogP contribution in [0, 0.1) is 5.82 Å². The first-order valence-corrected chi connectivity index (χ1v) is 6.92. The Kier molecular flexibility index (Phi) is 4.57. The van der Waals surface area contributed by atoms with E-state index < -0.39 is 0 Å². The lowest BCUT2D eigenvalue weighted by Gasteiger charge is -2.14. The molecule has 0 saturated heterocycles. The zero-order valence-corrected chi connectivity index (χ0v) is 13.0. The number of anilines is 2. The van der Waals surface area contributed by atoms with Crippen molar-refractivity contribution in [1.82, 2.24) is 0 Å². The Hall–Kier alpha value is -1.66. The van der Waals surface area contributed by atoms with Gasteiger partial charge in [0.05, 0.1) is 18.5 Å². The molecular formula is C14H12BrFN2OS. The lowest BCUT2D eigenvalue weighted by molar-refractivity contribution is 0.415. The Balaban J connectivity index is 2.49. The first-order valence-electron chi connectivity index (χ1n) is 5.72. The van der Waals surface area contributed by atoms with E-state index in [0.717, 1.165) is 0 Å². The van der Waals surface area contributed by atoms with E-state index in [1.807, 2.05) is 0 Å². The Morgan fingerprint density at radius 1 is 1.35 bits per heavy atom. The molecule has 6 heteroatoms. The molecule has 2 aromatic rings. The van der Waals surface area contributed by atoms with Crippen LogP contribution in [-0.4, -0.2) is 12.1 Å². The highest BCUT2D eigenvalue weighted by molar-refractivity contribution is 9.10. The Labute approximate surface area is 130 Å². The fourth-order valence-electron chi connectivity index (χ4n) is 1.72. The van der Waals surface area contributed by atoms with Crippen molar-refractivity contribution in [2.45, 2.75) is 0 Å². The number of thiocarbonyl (C=S) groups is 1. The maximum atomic E-state index is 13.9. The van der Waals surface area contributed by atoms with Crippen molar-refractivity contribution in [3.63, 3.8) is 0 Å². The van der Waals surface area contributed by atoms with Crippen LogP contribution in [0.5, 0.6) is 5.75 Å². The van der Waals surface area contributed by atoms with Gasteiger partial charge >= 0.3 is 0 Å². The van der Waals surface area contributed by atoms with Gasteiger partial charge in [-0.1, -0.05) is 18.3 Å². The predicted molar refractivity (Wildman–Crippen MR) is 86.3 cm³/mol. The van der Waals surface area contributed by atoms with Crippen LogP contribution in [0.15, 0.2) is 40.9 Å². The van der Waals surface area contributed by atoms with E-state index in [-0.39, 0.29) is 10.8 Å². The van der Waals surface area contributed by atoms with Gasteiger partial charge in [0.15, 0.2) is 0 Å². The second-order valence-corrected chi connectivity index (χ2v) is 5.29. The van der Waals surface area contributed by atoms with Gasteiger partial charge in [-0.05, 0) is 40.2 Å². The van der Waals surface area contributed by atoms with Crippen molar-refractivity contribution < 1.29 is 9.13 Å². The first kappa shape index (κ1) is 14.7. The lowest BCUT2D eigenvalue weighted by atomic mass is 10.1. The van der Waals surface area contributed by atoms with E-state index in [1.165, 1.54) is 6.07 Å². The first-order chi connectivity index (χ1) is 9.52. The van der Waals surface area contributed by atoms with E-state index in [0.29, 0.717) is 27.2 Å². The van der Waals surface area contributed by atoms with Crippen LogP contribution in [0.25, 0.3) is 0 Å². The topological polar surface area (TPSA) is 47.3 Å². The molecule has 2 aromatic carbocycles. The molecule has 0 aliphatic carbocycles. The monoisotopic (exact) mass is 354 g/mol. The number of nitrogens with one attached hydrogen (secondary N) is 1. The highest BCUT2D eigenvalue weighted by Crippen LogP contribution is 2.31. The van der Waals surface area contributed by atoms with Crippen LogP contribution in [-0.2, 0) is 0 Å². The molecule has 104 valence electrons. The highest BCUT2D eigenvalue weighted by atomic mass is 79.9. The molecule has 0 bridgehead atoms. The van der Waals surface area contributed by atoms with Crippen molar-refractivity contribution in [3.05, 3.63) is 52.3 Å².